The molecule has 1 heterocycles. The minimum Gasteiger partial charge on any atom is -0.481 e. The van der Waals surface area contributed by atoms with Gasteiger partial charge in [0.05, 0.1) is 10.8 Å². The van der Waals surface area contributed by atoms with Crippen molar-refractivity contribution in [3.05, 3.63) is 28.6 Å². The van der Waals surface area contributed by atoms with E-state index in [-0.39, 0.29) is 23.3 Å². The second-order valence-electron chi connectivity index (χ2n) is 5.83. The lowest BCUT2D eigenvalue weighted by Gasteiger charge is -2.23. The second kappa shape index (κ2) is 6.31. The Kier molecular flexibility index (Phi) is 5.01. The maximum absolute atomic E-state index is 11.2. The number of anilines is 1. The lowest BCUT2D eigenvalue weighted by molar-refractivity contribution is -0.384. The Bertz CT molecular complexity index is 497. The average Bonchev–Trinajstić information content (AvgIpc) is 2.33. The van der Waals surface area contributed by atoms with E-state index >= 15 is 0 Å². The summed E-state index contributed by atoms with van der Waals surface area (Å²) >= 11 is 0. The van der Waals surface area contributed by atoms with Crippen LogP contribution in [-0.2, 0) is 4.79 Å². The highest BCUT2D eigenvalue weighted by atomic mass is 16.6. The van der Waals surface area contributed by atoms with Gasteiger partial charge in [0.1, 0.15) is 11.9 Å². The van der Waals surface area contributed by atoms with Crippen LogP contribution in [0.1, 0.15) is 27.2 Å². The van der Waals surface area contributed by atoms with Crippen LogP contribution >= 0.6 is 0 Å². The lowest BCUT2D eigenvalue weighted by atomic mass is 9.84. The molecule has 1 aromatic rings. The Hall–Kier alpha value is -2.18. The van der Waals surface area contributed by atoms with Gasteiger partial charge in [-0.25, -0.2) is 0 Å². The zero-order valence-electron chi connectivity index (χ0n) is 11.8. The van der Waals surface area contributed by atoms with Crippen molar-refractivity contribution >= 4 is 17.3 Å². The zero-order chi connectivity index (χ0) is 15.3. The average molecular weight is 281 g/mol. The van der Waals surface area contributed by atoms with Crippen LogP contribution in [0.3, 0.4) is 0 Å². The van der Waals surface area contributed by atoms with E-state index in [1.54, 1.807) is 0 Å². The van der Waals surface area contributed by atoms with Crippen molar-refractivity contribution in [3.8, 4) is 0 Å². The van der Waals surface area contributed by atoms with E-state index in [4.69, 9.17) is 0 Å². The molecule has 0 aliphatic rings. The van der Waals surface area contributed by atoms with Gasteiger partial charge in [-0.05, 0) is 17.9 Å². The molecule has 0 saturated heterocycles. The predicted octanol–water partition coefficient (Wildman–Crippen LogP) is 2.54. The van der Waals surface area contributed by atoms with E-state index < -0.39 is 16.8 Å². The summed E-state index contributed by atoms with van der Waals surface area (Å²) in [5.74, 6) is -1.52. The molecule has 2 N–H and O–H groups in total. The number of hydrogen-bond donors (Lipinski definition) is 2. The summed E-state index contributed by atoms with van der Waals surface area (Å²) in [7, 11) is 0. The number of carboxylic acids is 1. The summed E-state index contributed by atoms with van der Waals surface area (Å²) in [6, 6.07) is 1.47. The quantitative estimate of drug-likeness (QED) is 0.613. The first-order valence-corrected chi connectivity index (χ1v) is 6.26. The van der Waals surface area contributed by atoms with Crippen LogP contribution in [0.15, 0.2) is 18.5 Å². The predicted molar refractivity (Wildman–Crippen MR) is 74.6 cm³/mol. The summed E-state index contributed by atoms with van der Waals surface area (Å²) in [6.45, 7) is 6.00. The fourth-order valence-corrected chi connectivity index (χ4v) is 1.90. The molecule has 20 heavy (non-hydrogen) atoms. The minimum absolute atomic E-state index is 0.130. The Morgan fingerprint density at radius 3 is 2.70 bits per heavy atom. The smallest absolute Gasteiger partial charge is 0.310 e. The summed E-state index contributed by atoms with van der Waals surface area (Å²) in [5.41, 5.74) is -0.00731. The molecule has 1 aromatic heterocycles. The van der Waals surface area contributed by atoms with Gasteiger partial charge in [0, 0.05) is 12.7 Å². The SMILES string of the molecule is CC(C)(C)CC(CNc1ccncc1[N+](=O)[O-])C(=O)O. The van der Waals surface area contributed by atoms with Crippen molar-refractivity contribution in [3.63, 3.8) is 0 Å². The highest BCUT2D eigenvalue weighted by Crippen LogP contribution is 2.26. The molecule has 0 spiro atoms. The van der Waals surface area contributed by atoms with E-state index in [9.17, 15) is 20.0 Å². The maximum atomic E-state index is 11.2. The van der Waals surface area contributed by atoms with E-state index in [0.29, 0.717) is 6.42 Å². The molecule has 1 rings (SSSR count). The van der Waals surface area contributed by atoms with Crippen LogP contribution in [0.25, 0.3) is 0 Å². The van der Waals surface area contributed by atoms with E-state index in [0.717, 1.165) is 6.20 Å². The van der Waals surface area contributed by atoms with Crippen molar-refractivity contribution < 1.29 is 14.8 Å². The molecule has 0 aliphatic carbocycles. The van der Waals surface area contributed by atoms with Gasteiger partial charge >= 0.3 is 11.7 Å². The van der Waals surface area contributed by atoms with Crippen molar-refractivity contribution in [1.82, 2.24) is 4.98 Å². The Labute approximate surface area is 117 Å². The molecule has 0 amide bonds. The lowest BCUT2D eigenvalue weighted by Crippen LogP contribution is -2.27. The fraction of sp³-hybridized carbons (Fsp3) is 0.538. The Morgan fingerprint density at radius 1 is 1.55 bits per heavy atom. The van der Waals surface area contributed by atoms with Crippen molar-refractivity contribution in [2.75, 3.05) is 11.9 Å². The molecular formula is C13H19N3O4. The largest absolute Gasteiger partial charge is 0.481 e. The Balaban J connectivity index is 2.78. The first kappa shape index (κ1) is 15.9. The highest BCUT2D eigenvalue weighted by molar-refractivity contribution is 5.71. The first-order chi connectivity index (χ1) is 9.20. The number of carboxylic acid groups (broad SMARTS) is 1. The van der Waals surface area contributed by atoms with Crippen LogP contribution in [0.5, 0.6) is 0 Å². The standard InChI is InChI=1S/C13H19N3O4/c1-13(2,3)6-9(12(17)18)7-15-10-4-5-14-8-11(10)16(19)20/h4-5,8-9H,6-7H2,1-3H3,(H,14,15)(H,17,18). The van der Waals surface area contributed by atoms with Crippen LogP contribution in [0.2, 0.25) is 0 Å². The van der Waals surface area contributed by atoms with Crippen LogP contribution in [0.4, 0.5) is 11.4 Å². The van der Waals surface area contributed by atoms with Gasteiger partial charge in [0.25, 0.3) is 0 Å². The van der Waals surface area contributed by atoms with Crippen LogP contribution in [0, 0.1) is 21.4 Å². The molecule has 7 heteroatoms. The molecule has 0 aliphatic heterocycles. The highest BCUT2D eigenvalue weighted by Gasteiger charge is 2.25. The zero-order valence-corrected chi connectivity index (χ0v) is 11.8. The number of aliphatic carboxylic acids is 1. The van der Waals surface area contributed by atoms with Gasteiger partial charge < -0.3 is 10.4 Å². The molecule has 0 fully saturated rings. The van der Waals surface area contributed by atoms with Gasteiger partial charge in [-0.1, -0.05) is 20.8 Å². The molecule has 0 saturated carbocycles. The number of nitrogens with one attached hydrogen (secondary N) is 1. The van der Waals surface area contributed by atoms with E-state index in [1.165, 1.54) is 12.3 Å². The first-order valence-electron chi connectivity index (χ1n) is 6.26. The van der Waals surface area contributed by atoms with Crippen LogP contribution in [-0.4, -0.2) is 27.5 Å². The maximum Gasteiger partial charge on any atom is 0.310 e. The number of nitro groups is 1. The van der Waals surface area contributed by atoms with Crippen LogP contribution < -0.4 is 5.32 Å². The summed E-state index contributed by atoms with van der Waals surface area (Å²) in [5, 5.41) is 22.9. The summed E-state index contributed by atoms with van der Waals surface area (Å²) < 4.78 is 0. The number of rotatable bonds is 6. The molecule has 1 unspecified atom stereocenters. The number of aromatic nitrogens is 1. The van der Waals surface area contributed by atoms with Crippen molar-refractivity contribution in [2.24, 2.45) is 11.3 Å². The fourth-order valence-electron chi connectivity index (χ4n) is 1.90. The van der Waals surface area contributed by atoms with Gasteiger partial charge in [-0.2, -0.15) is 0 Å². The monoisotopic (exact) mass is 281 g/mol. The topological polar surface area (TPSA) is 105 Å². The normalized spacial score (nSPS) is 12.8. The number of nitrogens with zero attached hydrogens (tertiary/aromatic N) is 2. The molecule has 1 atom stereocenters. The van der Waals surface area contributed by atoms with E-state index in [1.807, 2.05) is 20.8 Å². The van der Waals surface area contributed by atoms with Gasteiger partial charge in [-0.15, -0.1) is 0 Å². The molecular weight excluding hydrogens is 262 g/mol. The third-order valence-corrected chi connectivity index (χ3v) is 2.74. The van der Waals surface area contributed by atoms with E-state index in [2.05, 4.69) is 10.3 Å². The second-order valence-corrected chi connectivity index (χ2v) is 5.83. The van der Waals surface area contributed by atoms with Gasteiger partial charge in [0.2, 0.25) is 0 Å². The molecule has 0 aromatic carbocycles. The molecule has 7 nitrogen and oxygen atoms in total. The molecule has 0 radical (unpaired) electrons. The summed E-state index contributed by atoms with van der Waals surface area (Å²) in [4.78, 5) is 25.2. The third-order valence-electron chi connectivity index (χ3n) is 2.74. The minimum atomic E-state index is -0.913. The molecule has 110 valence electrons. The van der Waals surface area contributed by atoms with Crippen molar-refractivity contribution in [2.45, 2.75) is 27.2 Å². The Morgan fingerprint density at radius 2 is 2.20 bits per heavy atom. The van der Waals surface area contributed by atoms with Gasteiger partial charge in [-0.3, -0.25) is 19.9 Å². The number of hydrogen-bond acceptors (Lipinski definition) is 5. The third kappa shape index (κ3) is 4.83. The van der Waals surface area contributed by atoms with Gasteiger partial charge in [0.15, 0.2) is 0 Å². The number of carbonyl (C=O) groups is 1. The molecule has 0 bridgehead atoms. The van der Waals surface area contributed by atoms with Crippen molar-refractivity contribution in [1.29, 1.82) is 0 Å². The summed E-state index contributed by atoms with van der Waals surface area (Å²) in [6.07, 6.45) is 3.05. The number of pyridine rings is 1.